The van der Waals surface area contributed by atoms with E-state index in [0.717, 1.165) is 0 Å². The summed E-state index contributed by atoms with van der Waals surface area (Å²) in [5.74, 6) is -0.164. The zero-order valence-electron chi connectivity index (χ0n) is 9.32. The van der Waals surface area contributed by atoms with Gasteiger partial charge in [-0.3, -0.25) is 9.20 Å². The van der Waals surface area contributed by atoms with Crippen molar-refractivity contribution in [3.63, 3.8) is 0 Å². The lowest BCUT2D eigenvalue weighted by atomic mass is 10.2. The van der Waals surface area contributed by atoms with Crippen LogP contribution in [0.3, 0.4) is 0 Å². The van der Waals surface area contributed by atoms with E-state index in [2.05, 4.69) is 10.2 Å². The second kappa shape index (κ2) is 4.28. The Kier molecular flexibility index (Phi) is 2.93. The summed E-state index contributed by atoms with van der Waals surface area (Å²) in [6, 6.07) is 2.79. The molecule has 1 amide bonds. The van der Waals surface area contributed by atoms with Crippen LogP contribution in [0.4, 0.5) is 13.2 Å². The third kappa shape index (κ3) is 2.58. The Morgan fingerprint density at radius 1 is 1.44 bits per heavy atom. The first kappa shape index (κ1) is 12.3. The highest BCUT2D eigenvalue weighted by atomic mass is 19.4. The first-order chi connectivity index (χ1) is 8.37. The standard InChI is InChI=1S/C10H9F3N4O/c1-6-15-16-8-4-7(2-3-17(6)8)9(18)14-5-10(11,12)13/h2-4H,5H2,1H3,(H,14,18). The molecule has 96 valence electrons. The quantitative estimate of drug-likeness (QED) is 0.884. The maximum absolute atomic E-state index is 11.9. The minimum Gasteiger partial charge on any atom is -0.343 e. The molecule has 0 atom stereocenters. The average molecular weight is 258 g/mol. The van der Waals surface area contributed by atoms with E-state index in [0.29, 0.717) is 11.5 Å². The van der Waals surface area contributed by atoms with Crippen LogP contribution in [-0.2, 0) is 0 Å². The molecule has 18 heavy (non-hydrogen) atoms. The average Bonchev–Trinajstić information content (AvgIpc) is 2.66. The topological polar surface area (TPSA) is 59.3 Å². The van der Waals surface area contributed by atoms with E-state index in [-0.39, 0.29) is 5.56 Å². The number of aromatic nitrogens is 3. The Labute approximate surface area is 99.6 Å². The molecule has 0 radical (unpaired) electrons. The van der Waals surface area contributed by atoms with Gasteiger partial charge in [0.2, 0.25) is 0 Å². The summed E-state index contributed by atoms with van der Waals surface area (Å²) in [6.07, 6.45) is -2.89. The lowest BCUT2D eigenvalue weighted by molar-refractivity contribution is -0.123. The van der Waals surface area contributed by atoms with Crippen molar-refractivity contribution >= 4 is 11.6 Å². The smallest absolute Gasteiger partial charge is 0.343 e. The molecule has 0 aliphatic carbocycles. The normalized spacial score (nSPS) is 11.8. The number of hydrogen-bond donors (Lipinski definition) is 1. The number of hydrogen-bond acceptors (Lipinski definition) is 3. The summed E-state index contributed by atoms with van der Waals surface area (Å²) in [5, 5.41) is 9.35. The van der Waals surface area contributed by atoms with Gasteiger partial charge in [-0.15, -0.1) is 10.2 Å². The third-order valence-corrected chi connectivity index (χ3v) is 2.29. The number of pyridine rings is 1. The van der Waals surface area contributed by atoms with Crippen LogP contribution in [0.1, 0.15) is 16.2 Å². The predicted molar refractivity (Wildman–Crippen MR) is 56.1 cm³/mol. The molecule has 2 heterocycles. The predicted octanol–water partition coefficient (Wildman–Crippen LogP) is 1.33. The zero-order chi connectivity index (χ0) is 13.3. The van der Waals surface area contributed by atoms with Gasteiger partial charge in [0.05, 0.1) is 0 Å². The summed E-state index contributed by atoms with van der Waals surface area (Å²) in [7, 11) is 0. The molecule has 0 aliphatic rings. The summed E-state index contributed by atoms with van der Waals surface area (Å²) in [5.41, 5.74) is 0.520. The number of carbonyl (C=O) groups excluding carboxylic acids is 1. The van der Waals surface area contributed by atoms with Crippen molar-refractivity contribution < 1.29 is 18.0 Å². The molecule has 0 bridgehead atoms. The van der Waals surface area contributed by atoms with Crippen molar-refractivity contribution in [2.75, 3.05) is 6.54 Å². The van der Waals surface area contributed by atoms with Crippen molar-refractivity contribution in [1.82, 2.24) is 19.9 Å². The summed E-state index contributed by atoms with van der Waals surface area (Å²) >= 11 is 0. The molecule has 0 saturated heterocycles. The molecular weight excluding hydrogens is 249 g/mol. The van der Waals surface area contributed by atoms with Crippen molar-refractivity contribution in [2.45, 2.75) is 13.1 Å². The first-order valence-electron chi connectivity index (χ1n) is 5.03. The molecule has 0 saturated carbocycles. The fourth-order valence-corrected chi connectivity index (χ4v) is 1.43. The van der Waals surface area contributed by atoms with Crippen LogP contribution in [0, 0.1) is 6.92 Å². The molecule has 0 fully saturated rings. The van der Waals surface area contributed by atoms with Gasteiger partial charge in [-0.2, -0.15) is 13.2 Å². The molecule has 2 rings (SSSR count). The number of nitrogens with zero attached hydrogens (tertiary/aromatic N) is 3. The van der Waals surface area contributed by atoms with Crippen molar-refractivity contribution in [2.24, 2.45) is 0 Å². The molecule has 2 aromatic heterocycles. The Morgan fingerprint density at radius 2 is 2.17 bits per heavy atom. The second-order valence-electron chi connectivity index (χ2n) is 3.69. The van der Waals surface area contributed by atoms with Gasteiger partial charge >= 0.3 is 6.18 Å². The van der Waals surface area contributed by atoms with Gasteiger partial charge in [0.1, 0.15) is 12.4 Å². The number of halogens is 3. The van der Waals surface area contributed by atoms with Crippen molar-refractivity contribution in [1.29, 1.82) is 0 Å². The van der Waals surface area contributed by atoms with Crippen LogP contribution in [0.5, 0.6) is 0 Å². The molecule has 0 aromatic carbocycles. The number of aryl methyl sites for hydroxylation is 1. The minimum atomic E-state index is -4.43. The summed E-state index contributed by atoms with van der Waals surface area (Å²) < 4.78 is 37.5. The molecule has 0 unspecified atom stereocenters. The van der Waals surface area contributed by atoms with Gasteiger partial charge in [-0.05, 0) is 19.1 Å². The Bertz CT molecular complexity index is 590. The van der Waals surface area contributed by atoms with E-state index in [1.807, 2.05) is 0 Å². The minimum absolute atomic E-state index is 0.110. The van der Waals surface area contributed by atoms with E-state index in [4.69, 9.17) is 0 Å². The molecular formula is C10H9F3N4O. The molecule has 0 aliphatic heterocycles. The van der Waals surface area contributed by atoms with E-state index in [1.54, 1.807) is 16.6 Å². The fourth-order valence-electron chi connectivity index (χ4n) is 1.43. The summed E-state index contributed by atoms with van der Waals surface area (Å²) in [4.78, 5) is 11.5. The van der Waals surface area contributed by atoms with Gasteiger partial charge in [0, 0.05) is 11.8 Å². The number of fused-ring (bicyclic) bond motifs is 1. The van der Waals surface area contributed by atoms with E-state index in [1.165, 1.54) is 18.3 Å². The highest BCUT2D eigenvalue weighted by Crippen LogP contribution is 2.13. The van der Waals surface area contributed by atoms with Gasteiger partial charge in [0.25, 0.3) is 5.91 Å². The van der Waals surface area contributed by atoms with Crippen LogP contribution >= 0.6 is 0 Å². The van der Waals surface area contributed by atoms with Crippen LogP contribution < -0.4 is 5.32 Å². The second-order valence-corrected chi connectivity index (χ2v) is 3.69. The SMILES string of the molecule is Cc1nnc2cc(C(=O)NCC(F)(F)F)ccn12. The van der Waals surface area contributed by atoms with Crippen LogP contribution in [-0.4, -0.2) is 33.2 Å². The van der Waals surface area contributed by atoms with Gasteiger partial charge in [-0.1, -0.05) is 0 Å². The van der Waals surface area contributed by atoms with Gasteiger partial charge in [-0.25, -0.2) is 0 Å². The number of rotatable bonds is 2. The van der Waals surface area contributed by atoms with Crippen LogP contribution in [0.25, 0.3) is 5.65 Å². The van der Waals surface area contributed by atoms with Crippen LogP contribution in [0.2, 0.25) is 0 Å². The van der Waals surface area contributed by atoms with Crippen LogP contribution in [0.15, 0.2) is 18.3 Å². The number of alkyl halides is 3. The van der Waals surface area contributed by atoms with Gasteiger partial charge < -0.3 is 5.32 Å². The first-order valence-corrected chi connectivity index (χ1v) is 5.03. The van der Waals surface area contributed by atoms with E-state index < -0.39 is 18.6 Å². The van der Waals surface area contributed by atoms with Crippen molar-refractivity contribution in [3.8, 4) is 0 Å². The van der Waals surface area contributed by atoms with Crippen molar-refractivity contribution in [3.05, 3.63) is 29.7 Å². The van der Waals surface area contributed by atoms with Gasteiger partial charge in [0.15, 0.2) is 5.65 Å². The lowest BCUT2D eigenvalue weighted by Gasteiger charge is -2.08. The van der Waals surface area contributed by atoms with E-state index >= 15 is 0 Å². The molecule has 2 aromatic rings. The summed E-state index contributed by atoms with van der Waals surface area (Å²) in [6.45, 7) is 0.367. The largest absolute Gasteiger partial charge is 0.405 e. The Morgan fingerprint density at radius 3 is 2.83 bits per heavy atom. The Hall–Kier alpha value is -2.12. The fraction of sp³-hybridized carbons (Fsp3) is 0.300. The molecule has 1 N–H and O–H groups in total. The third-order valence-electron chi connectivity index (χ3n) is 2.29. The lowest BCUT2D eigenvalue weighted by Crippen LogP contribution is -2.33. The number of nitrogens with one attached hydrogen (secondary N) is 1. The monoisotopic (exact) mass is 258 g/mol. The molecule has 5 nitrogen and oxygen atoms in total. The zero-order valence-corrected chi connectivity index (χ0v) is 9.32. The number of carbonyl (C=O) groups is 1. The highest BCUT2D eigenvalue weighted by Gasteiger charge is 2.27. The highest BCUT2D eigenvalue weighted by molar-refractivity contribution is 5.95. The number of amides is 1. The maximum Gasteiger partial charge on any atom is 0.405 e. The Balaban J connectivity index is 2.18. The molecule has 8 heteroatoms. The van der Waals surface area contributed by atoms with E-state index in [9.17, 15) is 18.0 Å². The molecule has 0 spiro atoms. The maximum atomic E-state index is 11.9.